The number of hydrogen-bond acceptors (Lipinski definition) is 5. The molecule has 9 heteroatoms. The van der Waals surface area contributed by atoms with E-state index in [2.05, 4.69) is 15.0 Å². The lowest BCUT2D eigenvalue weighted by Crippen LogP contribution is -2.33. The van der Waals surface area contributed by atoms with E-state index in [1.807, 2.05) is 4.98 Å². The van der Waals surface area contributed by atoms with Crippen molar-refractivity contribution in [2.45, 2.75) is 0 Å². The van der Waals surface area contributed by atoms with Gasteiger partial charge >= 0.3 is 6.03 Å². The Labute approximate surface area is 108 Å². The van der Waals surface area contributed by atoms with Gasteiger partial charge in [0.2, 0.25) is 0 Å². The average molecular weight is 274 g/mol. The van der Waals surface area contributed by atoms with E-state index in [9.17, 15) is 24.6 Å². The van der Waals surface area contributed by atoms with Gasteiger partial charge in [-0.05, 0) is 12.1 Å². The molecule has 4 N–H and O–H groups in total. The van der Waals surface area contributed by atoms with Crippen molar-refractivity contribution in [2.75, 3.05) is 0 Å². The number of pyridine rings is 2. The summed E-state index contributed by atoms with van der Waals surface area (Å²) in [6.45, 7) is 0. The highest BCUT2D eigenvalue weighted by Gasteiger charge is 2.15. The number of aromatic nitrogens is 2. The number of amides is 2. The summed E-state index contributed by atoms with van der Waals surface area (Å²) in [5.41, 5.74) is -1.68. The van der Waals surface area contributed by atoms with Crippen LogP contribution in [0.25, 0.3) is 11.1 Å². The van der Waals surface area contributed by atoms with E-state index in [0.717, 1.165) is 6.07 Å². The second-order valence-electron chi connectivity index (χ2n) is 4.00. The molecule has 0 fully saturated rings. The zero-order valence-electron chi connectivity index (χ0n) is 9.67. The molecule has 1 aliphatic rings. The monoisotopic (exact) mass is 274 g/mol. The number of carbonyl (C=O) groups excluding carboxylic acids is 1. The van der Waals surface area contributed by atoms with Gasteiger partial charge < -0.3 is 15.2 Å². The molecule has 0 saturated heterocycles. The molecule has 0 spiro atoms. The van der Waals surface area contributed by atoms with Crippen molar-refractivity contribution < 1.29 is 15.0 Å². The van der Waals surface area contributed by atoms with E-state index in [1.54, 1.807) is 0 Å². The maximum atomic E-state index is 11.9. The second kappa shape index (κ2) is 3.88. The molecule has 2 amide bonds. The van der Waals surface area contributed by atoms with Gasteiger partial charge in [-0.1, -0.05) is 0 Å². The van der Waals surface area contributed by atoms with Gasteiger partial charge in [0.15, 0.2) is 17.1 Å². The molecule has 2 aromatic rings. The van der Waals surface area contributed by atoms with Crippen molar-refractivity contribution in [3.8, 4) is 22.8 Å². The van der Waals surface area contributed by atoms with Crippen LogP contribution in [0.2, 0.25) is 0 Å². The Morgan fingerprint density at radius 2 is 1.65 bits per heavy atom. The average Bonchev–Trinajstić information content (AvgIpc) is 2.72. The van der Waals surface area contributed by atoms with Crippen LogP contribution < -0.4 is 22.0 Å². The van der Waals surface area contributed by atoms with Crippen LogP contribution in [0.1, 0.15) is 0 Å². The molecule has 0 saturated carbocycles. The van der Waals surface area contributed by atoms with Gasteiger partial charge in [-0.2, -0.15) is 9.98 Å². The molecule has 0 aromatic carbocycles. The lowest BCUT2D eigenvalue weighted by Gasteiger charge is -2.03. The molecule has 0 unspecified atom stereocenters. The first-order valence-corrected chi connectivity index (χ1v) is 5.36. The smallest absolute Gasteiger partial charge is 0.369 e. The van der Waals surface area contributed by atoms with Crippen molar-refractivity contribution in [3.05, 3.63) is 43.7 Å². The first kappa shape index (κ1) is 11.8. The Balaban J connectivity index is 2.36. The number of nitrogens with zero attached hydrogens (tertiary/aromatic N) is 2. The number of urea groups is 1. The van der Waals surface area contributed by atoms with Gasteiger partial charge in [0.05, 0.1) is 11.1 Å². The lowest BCUT2D eigenvalue weighted by atomic mass is 10.1. The molecule has 0 radical (unpaired) electrons. The summed E-state index contributed by atoms with van der Waals surface area (Å²) in [4.78, 5) is 45.4. The van der Waals surface area contributed by atoms with Crippen molar-refractivity contribution in [1.82, 2.24) is 9.97 Å². The van der Waals surface area contributed by atoms with Crippen molar-refractivity contribution in [2.24, 2.45) is 9.98 Å². The molecule has 9 nitrogen and oxygen atoms in total. The highest BCUT2D eigenvalue weighted by Crippen LogP contribution is 2.24. The van der Waals surface area contributed by atoms with Crippen LogP contribution in [0.15, 0.2) is 31.7 Å². The van der Waals surface area contributed by atoms with Crippen LogP contribution >= 0.6 is 0 Å². The molecular weight excluding hydrogens is 268 g/mol. The molecule has 20 heavy (non-hydrogen) atoms. The summed E-state index contributed by atoms with van der Waals surface area (Å²) in [5, 5.41) is 19.1. The van der Waals surface area contributed by atoms with E-state index in [1.165, 1.54) is 6.07 Å². The molecule has 0 aliphatic carbocycles. The van der Waals surface area contributed by atoms with Gasteiger partial charge in [0.1, 0.15) is 5.36 Å². The summed E-state index contributed by atoms with van der Waals surface area (Å²) < 4.78 is 0. The minimum atomic E-state index is -0.890. The fourth-order valence-electron chi connectivity index (χ4n) is 1.82. The van der Waals surface area contributed by atoms with Crippen LogP contribution in [0, 0.1) is 0 Å². The van der Waals surface area contributed by atoms with Crippen LogP contribution in [0.5, 0.6) is 11.6 Å². The highest BCUT2D eigenvalue weighted by molar-refractivity contribution is 5.77. The summed E-state index contributed by atoms with van der Waals surface area (Å²) in [5.74, 6) is -1.24. The Morgan fingerprint density at radius 3 is 2.40 bits per heavy atom. The minimum absolute atomic E-state index is 0.0249. The van der Waals surface area contributed by atoms with E-state index < -0.39 is 28.8 Å². The topological polar surface area (TPSA) is 148 Å². The van der Waals surface area contributed by atoms with Crippen molar-refractivity contribution in [1.29, 1.82) is 0 Å². The fraction of sp³-hybridized carbons (Fsp3) is 0. The molecule has 2 aromatic heterocycles. The van der Waals surface area contributed by atoms with E-state index >= 15 is 0 Å². The molecule has 1 aliphatic heterocycles. The van der Waals surface area contributed by atoms with Crippen LogP contribution in [-0.2, 0) is 0 Å². The standard InChI is InChI=1S/C11H6N4O5/c16-6-2-4(9(18)15-10(6)19)3-1-5-7(13-8(3)17)14-11(20)12-5/h1-2,16H,(H2,15,18,19)(H,13,14,17,20). The van der Waals surface area contributed by atoms with Gasteiger partial charge in [-0.25, -0.2) is 4.79 Å². The Kier molecular flexibility index (Phi) is 2.30. The molecular formula is C11H6N4O5. The third-order valence-electron chi connectivity index (χ3n) is 2.71. The normalized spacial score (nSPS) is 12.7. The molecule has 0 atom stereocenters. The van der Waals surface area contributed by atoms with Crippen LogP contribution in [0.3, 0.4) is 0 Å². The minimum Gasteiger partial charge on any atom is -0.503 e. The largest absolute Gasteiger partial charge is 0.503 e. The van der Waals surface area contributed by atoms with Gasteiger partial charge in [0, 0.05) is 0 Å². The number of aromatic hydroxyl groups is 2. The quantitative estimate of drug-likeness (QED) is 0.500. The third-order valence-corrected chi connectivity index (χ3v) is 2.71. The number of H-pyrrole nitrogens is 2. The van der Waals surface area contributed by atoms with Crippen LogP contribution in [0.4, 0.5) is 4.79 Å². The highest BCUT2D eigenvalue weighted by atomic mass is 16.3. The SMILES string of the molecule is O=C1N=c2cc(-c3cc(O)c(=O)[nH]c3O)c(=O)[nH]c2=N1. The van der Waals surface area contributed by atoms with Gasteiger partial charge in [0.25, 0.3) is 11.1 Å². The molecule has 100 valence electrons. The Bertz CT molecular complexity index is 985. The summed E-state index contributed by atoms with van der Waals surface area (Å²) >= 11 is 0. The van der Waals surface area contributed by atoms with Crippen molar-refractivity contribution >= 4 is 6.03 Å². The first-order valence-electron chi connectivity index (χ1n) is 5.36. The molecule has 0 bridgehead atoms. The lowest BCUT2D eigenvalue weighted by molar-refractivity contribution is 0.256. The Morgan fingerprint density at radius 1 is 0.900 bits per heavy atom. The van der Waals surface area contributed by atoms with Crippen molar-refractivity contribution in [3.63, 3.8) is 0 Å². The fourth-order valence-corrected chi connectivity index (χ4v) is 1.82. The molecule has 3 heterocycles. The number of aromatic amines is 2. The summed E-state index contributed by atoms with van der Waals surface area (Å²) in [6.07, 6.45) is 0. The predicted molar refractivity (Wildman–Crippen MR) is 64.2 cm³/mol. The Hall–Kier alpha value is -3.23. The summed E-state index contributed by atoms with van der Waals surface area (Å²) in [6, 6.07) is 1.43. The third kappa shape index (κ3) is 1.68. The zero-order chi connectivity index (χ0) is 14.4. The van der Waals surface area contributed by atoms with Crippen LogP contribution in [-0.4, -0.2) is 26.2 Å². The zero-order valence-corrected chi connectivity index (χ0v) is 9.67. The number of carbonyl (C=O) groups is 1. The maximum Gasteiger partial charge on any atom is 0.369 e. The molecule has 3 rings (SSSR count). The summed E-state index contributed by atoms with van der Waals surface area (Å²) in [7, 11) is 0. The number of nitrogens with one attached hydrogen (secondary N) is 2. The van der Waals surface area contributed by atoms with Gasteiger partial charge in [-0.3, -0.25) is 14.6 Å². The number of fused-ring (bicyclic) bond motifs is 1. The first-order chi connectivity index (χ1) is 9.45. The maximum absolute atomic E-state index is 11.9. The number of rotatable bonds is 1. The van der Waals surface area contributed by atoms with E-state index in [-0.39, 0.29) is 22.0 Å². The van der Waals surface area contributed by atoms with Gasteiger partial charge in [-0.15, -0.1) is 0 Å². The van der Waals surface area contributed by atoms with E-state index in [4.69, 9.17) is 0 Å². The number of hydrogen-bond donors (Lipinski definition) is 4. The predicted octanol–water partition coefficient (Wildman–Crippen LogP) is -1.49. The van der Waals surface area contributed by atoms with E-state index in [0.29, 0.717) is 0 Å². The second-order valence-corrected chi connectivity index (χ2v) is 4.00.